The number of hydrogen-bond acceptors (Lipinski definition) is 3. The van der Waals surface area contributed by atoms with Crippen molar-refractivity contribution < 1.29 is 31.1 Å². The topological polar surface area (TPSA) is 33.2 Å². The lowest BCUT2D eigenvalue weighted by atomic mass is 10.0. The number of aromatic nitrogens is 1. The van der Waals surface area contributed by atoms with Gasteiger partial charge in [-0.3, -0.25) is 9.78 Å². The molecule has 1 atom stereocenters. The third-order valence-electron chi connectivity index (χ3n) is 4.66. The molecule has 0 N–H and O–H groups in total. The molecule has 1 aromatic carbocycles. The van der Waals surface area contributed by atoms with Crippen molar-refractivity contribution in [2.75, 3.05) is 11.4 Å². The third kappa shape index (κ3) is 4.45. The zero-order valence-electron chi connectivity index (χ0n) is 14.5. The Bertz CT molecular complexity index is 827. The summed E-state index contributed by atoms with van der Waals surface area (Å²) in [7, 11) is 0. The number of alkyl halides is 6. The molecule has 1 fully saturated rings. The van der Waals surface area contributed by atoms with E-state index < -0.39 is 29.5 Å². The number of benzene rings is 1. The first-order valence-electron chi connectivity index (χ1n) is 8.54. The van der Waals surface area contributed by atoms with Crippen LogP contribution in [0.2, 0.25) is 0 Å². The smallest absolute Gasteiger partial charge is 0.361 e. The van der Waals surface area contributed by atoms with E-state index >= 15 is 0 Å². The molecule has 0 radical (unpaired) electrons. The van der Waals surface area contributed by atoms with Gasteiger partial charge in [0.25, 0.3) is 0 Å². The number of carbonyl (C=O) groups excluding carboxylic acids is 1. The molecular weight excluding hydrogens is 386 g/mol. The summed E-state index contributed by atoms with van der Waals surface area (Å²) in [6.45, 7) is 0.516. The Morgan fingerprint density at radius 1 is 0.964 bits per heavy atom. The van der Waals surface area contributed by atoms with Gasteiger partial charge in [0.05, 0.1) is 23.6 Å². The normalized spacial score (nSPS) is 17.8. The molecule has 150 valence electrons. The van der Waals surface area contributed by atoms with Crippen molar-refractivity contribution >= 4 is 11.5 Å². The van der Waals surface area contributed by atoms with E-state index in [1.54, 1.807) is 4.90 Å². The Morgan fingerprint density at radius 3 is 2.11 bits per heavy atom. The summed E-state index contributed by atoms with van der Waals surface area (Å²) in [6, 6.07) is 6.08. The van der Waals surface area contributed by atoms with Gasteiger partial charge in [-0.1, -0.05) is 0 Å². The van der Waals surface area contributed by atoms with Crippen molar-refractivity contribution in [2.45, 2.75) is 37.7 Å². The van der Waals surface area contributed by atoms with Gasteiger partial charge in [-0.05, 0) is 49.2 Å². The minimum absolute atomic E-state index is 0.139. The van der Waals surface area contributed by atoms with Crippen molar-refractivity contribution in [1.29, 1.82) is 0 Å². The number of rotatable bonds is 4. The van der Waals surface area contributed by atoms with Crippen LogP contribution >= 0.6 is 0 Å². The maximum atomic E-state index is 12.7. The standard InChI is InChI=1S/C19H16F6N2O/c20-18(21,22)12-4-7-15(8-5-12)27-9-1-2-16(27)17(28)10-14-6-3-13(11-26-14)19(23,24)25/h3-8,11,16H,1-2,9-10H2/t16-/m1/s1. The molecule has 1 saturated heterocycles. The van der Waals surface area contributed by atoms with Crippen molar-refractivity contribution in [3.63, 3.8) is 0 Å². The molecule has 0 spiro atoms. The van der Waals surface area contributed by atoms with E-state index in [1.165, 1.54) is 12.1 Å². The summed E-state index contributed by atoms with van der Waals surface area (Å²) in [5.74, 6) is -0.232. The highest BCUT2D eigenvalue weighted by atomic mass is 19.4. The van der Waals surface area contributed by atoms with Crippen LogP contribution in [0, 0.1) is 0 Å². The van der Waals surface area contributed by atoms with E-state index in [4.69, 9.17) is 0 Å². The van der Waals surface area contributed by atoms with Gasteiger partial charge in [0.15, 0.2) is 5.78 Å². The third-order valence-corrected chi connectivity index (χ3v) is 4.66. The second-order valence-electron chi connectivity index (χ2n) is 6.58. The van der Waals surface area contributed by atoms with E-state index in [2.05, 4.69) is 4.98 Å². The van der Waals surface area contributed by atoms with Gasteiger partial charge in [0.2, 0.25) is 0 Å². The van der Waals surface area contributed by atoms with Crippen molar-refractivity contribution in [3.05, 3.63) is 59.4 Å². The Morgan fingerprint density at radius 2 is 1.57 bits per heavy atom. The molecule has 0 aliphatic carbocycles. The molecule has 0 bridgehead atoms. The molecule has 2 heterocycles. The van der Waals surface area contributed by atoms with Gasteiger partial charge in [0.1, 0.15) is 0 Å². The molecule has 1 aromatic heterocycles. The fourth-order valence-corrected chi connectivity index (χ4v) is 3.25. The van der Waals surface area contributed by atoms with E-state index in [0.29, 0.717) is 31.3 Å². The first-order valence-corrected chi connectivity index (χ1v) is 8.54. The molecule has 28 heavy (non-hydrogen) atoms. The number of anilines is 1. The average Bonchev–Trinajstić information content (AvgIpc) is 3.10. The number of hydrogen-bond donors (Lipinski definition) is 0. The number of ketones is 1. The quantitative estimate of drug-likeness (QED) is 0.682. The number of pyridine rings is 1. The van der Waals surface area contributed by atoms with Crippen molar-refractivity contribution in [1.82, 2.24) is 4.98 Å². The molecular formula is C19H16F6N2O. The summed E-state index contributed by atoms with van der Waals surface area (Å²) in [6.07, 6.45) is -7.17. The van der Waals surface area contributed by atoms with Crippen LogP contribution in [-0.2, 0) is 23.6 Å². The van der Waals surface area contributed by atoms with Crippen LogP contribution in [-0.4, -0.2) is 23.4 Å². The number of halogens is 6. The molecule has 3 rings (SSSR count). The highest BCUT2D eigenvalue weighted by Gasteiger charge is 2.34. The van der Waals surface area contributed by atoms with Gasteiger partial charge in [-0.15, -0.1) is 0 Å². The second kappa shape index (κ2) is 7.44. The Hall–Kier alpha value is -2.58. The number of nitrogens with zero attached hydrogens (tertiary/aromatic N) is 2. The summed E-state index contributed by atoms with van der Waals surface area (Å²) < 4.78 is 75.9. The molecule has 2 aromatic rings. The van der Waals surface area contributed by atoms with Gasteiger partial charge in [0, 0.05) is 24.1 Å². The molecule has 1 aliphatic heterocycles. The van der Waals surface area contributed by atoms with Gasteiger partial charge >= 0.3 is 12.4 Å². The van der Waals surface area contributed by atoms with Crippen LogP contribution in [0.15, 0.2) is 42.6 Å². The maximum Gasteiger partial charge on any atom is 0.417 e. The predicted octanol–water partition coefficient (Wildman–Crippen LogP) is 4.90. The highest BCUT2D eigenvalue weighted by molar-refractivity contribution is 5.89. The van der Waals surface area contributed by atoms with Crippen LogP contribution in [0.5, 0.6) is 0 Å². The lowest BCUT2D eigenvalue weighted by Gasteiger charge is -2.26. The minimum atomic E-state index is -4.50. The predicted molar refractivity (Wildman–Crippen MR) is 89.8 cm³/mol. The molecule has 9 heteroatoms. The van der Waals surface area contributed by atoms with Crippen LogP contribution in [0.4, 0.5) is 32.0 Å². The second-order valence-corrected chi connectivity index (χ2v) is 6.58. The van der Waals surface area contributed by atoms with Crippen molar-refractivity contribution in [3.8, 4) is 0 Å². The largest absolute Gasteiger partial charge is 0.417 e. The van der Waals surface area contributed by atoms with Gasteiger partial charge < -0.3 is 4.90 Å². The van der Waals surface area contributed by atoms with E-state index in [-0.39, 0.29) is 17.9 Å². The molecule has 3 nitrogen and oxygen atoms in total. The fourth-order valence-electron chi connectivity index (χ4n) is 3.25. The van der Waals surface area contributed by atoms with Crippen LogP contribution in [0.3, 0.4) is 0 Å². The Kier molecular flexibility index (Phi) is 5.36. The van der Waals surface area contributed by atoms with Crippen LogP contribution in [0.25, 0.3) is 0 Å². The first-order chi connectivity index (χ1) is 13.1. The zero-order chi connectivity index (χ0) is 20.5. The SMILES string of the molecule is O=C(Cc1ccc(C(F)(F)F)cn1)[C@H]1CCCN1c1ccc(C(F)(F)F)cc1. The lowest BCUT2D eigenvalue weighted by molar-refractivity contribution is -0.138. The average molecular weight is 402 g/mol. The van der Waals surface area contributed by atoms with Crippen molar-refractivity contribution in [2.24, 2.45) is 0 Å². The molecule has 0 saturated carbocycles. The lowest BCUT2D eigenvalue weighted by Crippen LogP contribution is -2.37. The number of carbonyl (C=O) groups is 1. The summed E-state index contributed by atoms with van der Waals surface area (Å²) >= 11 is 0. The number of Topliss-reactive ketones (excluding diaryl/α,β-unsaturated/α-hetero) is 1. The summed E-state index contributed by atoms with van der Waals surface area (Å²) in [5.41, 5.74) is -0.940. The van der Waals surface area contributed by atoms with E-state index in [0.717, 1.165) is 24.3 Å². The minimum Gasteiger partial charge on any atom is -0.361 e. The monoisotopic (exact) mass is 402 g/mol. The van der Waals surface area contributed by atoms with E-state index in [1.807, 2.05) is 0 Å². The fraction of sp³-hybridized carbons (Fsp3) is 0.368. The summed E-state index contributed by atoms with van der Waals surface area (Å²) in [5, 5.41) is 0. The maximum absolute atomic E-state index is 12.7. The van der Waals surface area contributed by atoms with Crippen LogP contribution < -0.4 is 4.90 Å². The van der Waals surface area contributed by atoms with Gasteiger partial charge in [-0.25, -0.2) is 0 Å². The Labute approximate surface area is 157 Å². The van der Waals surface area contributed by atoms with Crippen LogP contribution in [0.1, 0.15) is 29.7 Å². The Balaban J connectivity index is 1.71. The molecule has 1 aliphatic rings. The molecule has 0 unspecified atom stereocenters. The van der Waals surface area contributed by atoms with Gasteiger partial charge in [-0.2, -0.15) is 26.3 Å². The highest BCUT2D eigenvalue weighted by Crippen LogP contribution is 2.33. The first kappa shape index (κ1) is 20.2. The summed E-state index contributed by atoms with van der Waals surface area (Å²) in [4.78, 5) is 18.1. The molecule has 0 amide bonds. The zero-order valence-corrected chi connectivity index (χ0v) is 14.5. The van der Waals surface area contributed by atoms with E-state index in [9.17, 15) is 31.1 Å².